The van der Waals surface area contributed by atoms with E-state index in [4.69, 9.17) is 0 Å². The Kier molecular flexibility index (Phi) is 5.38. The Bertz CT molecular complexity index is 750. The van der Waals surface area contributed by atoms with Gasteiger partial charge in [-0.15, -0.1) is 0 Å². The summed E-state index contributed by atoms with van der Waals surface area (Å²) in [5.41, 5.74) is 1.31. The minimum atomic E-state index is -1.03. The summed E-state index contributed by atoms with van der Waals surface area (Å²) < 4.78 is 0. The number of benzene rings is 1. The predicted molar refractivity (Wildman–Crippen MR) is 94.4 cm³/mol. The molecule has 0 spiro atoms. The second-order valence-corrected chi connectivity index (χ2v) is 6.26. The molecule has 124 valence electrons. The van der Waals surface area contributed by atoms with Crippen LogP contribution in [0.25, 0.3) is 0 Å². The van der Waals surface area contributed by atoms with Crippen molar-refractivity contribution in [3.63, 3.8) is 0 Å². The Morgan fingerprint density at radius 2 is 1.92 bits per heavy atom. The molecule has 0 aliphatic carbocycles. The van der Waals surface area contributed by atoms with Crippen molar-refractivity contribution in [1.29, 1.82) is 0 Å². The Balaban J connectivity index is 2.13. The van der Waals surface area contributed by atoms with E-state index in [0.717, 1.165) is 11.1 Å². The molecule has 0 saturated heterocycles. The van der Waals surface area contributed by atoms with Crippen LogP contribution in [0.15, 0.2) is 48.8 Å². The van der Waals surface area contributed by atoms with Gasteiger partial charge in [0.2, 0.25) is 0 Å². The zero-order valence-corrected chi connectivity index (χ0v) is 14.4. The van der Waals surface area contributed by atoms with Crippen LogP contribution in [0.4, 0.5) is 0 Å². The minimum Gasteiger partial charge on any atom is -0.378 e. The average molecular weight is 322 g/mol. The standard InChI is InChI=1S/C20H22N2O2/c1-15(18-6-5-13-21-14-18)22(4)19(23)17-9-7-16(8-10-17)11-12-20(2,3)24/h5-10,13-15,24H,1-4H3/t15-/m1/s1. The second kappa shape index (κ2) is 7.29. The van der Waals surface area contributed by atoms with Crippen molar-refractivity contribution in [1.82, 2.24) is 9.88 Å². The largest absolute Gasteiger partial charge is 0.378 e. The molecule has 2 rings (SSSR count). The fourth-order valence-electron chi connectivity index (χ4n) is 2.15. The molecule has 0 saturated carbocycles. The zero-order chi connectivity index (χ0) is 17.7. The molecule has 2 aromatic rings. The van der Waals surface area contributed by atoms with Crippen molar-refractivity contribution in [2.75, 3.05) is 7.05 Å². The topological polar surface area (TPSA) is 53.4 Å². The number of hydrogen-bond donors (Lipinski definition) is 1. The third-order valence-electron chi connectivity index (χ3n) is 3.71. The van der Waals surface area contributed by atoms with Crippen LogP contribution < -0.4 is 0 Å². The molecule has 0 unspecified atom stereocenters. The molecule has 1 N–H and O–H groups in total. The summed E-state index contributed by atoms with van der Waals surface area (Å²) in [6.07, 6.45) is 3.48. The summed E-state index contributed by atoms with van der Waals surface area (Å²) in [6.45, 7) is 5.23. The third kappa shape index (κ3) is 4.68. The molecule has 0 fully saturated rings. The van der Waals surface area contributed by atoms with Crippen LogP contribution in [0.2, 0.25) is 0 Å². The molecular formula is C20H22N2O2. The quantitative estimate of drug-likeness (QED) is 0.884. The van der Waals surface area contributed by atoms with Gasteiger partial charge in [0.05, 0.1) is 6.04 Å². The summed E-state index contributed by atoms with van der Waals surface area (Å²) in [4.78, 5) is 18.4. The lowest BCUT2D eigenvalue weighted by molar-refractivity contribution is 0.0742. The smallest absolute Gasteiger partial charge is 0.254 e. The van der Waals surface area contributed by atoms with Crippen molar-refractivity contribution in [3.05, 3.63) is 65.5 Å². The van der Waals surface area contributed by atoms with E-state index in [-0.39, 0.29) is 11.9 Å². The van der Waals surface area contributed by atoms with Crippen LogP contribution in [-0.4, -0.2) is 33.5 Å². The van der Waals surface area contributed by atoms with E-state index >= 15 is 0 Å². The fraction of sp³-hybridized carbons (Fsp3) is 0.300. The molecule has 1 heterocycles. The average Bonchev–Trinajstić information content (AvgIpc) is 2.58. The number of pyridine rings is 1. The van der Waals surface area contributed by atoms with Crippen LogP contribution in [0.3, 0.4) is 0 Å². The van der Waals surface area contributed by atoms with Crippen LogP contribution in [-0.2, 0) is 0 Å². The number of amides is 1. The number of aliphatic hydroxyl groups is 1. The molecule has 4 nitrogen and oxygen atoms in total. The maximum Gasteiger partial charge on any atom is 0.254 e. The van der Waals surface area contributed by atoms with E-state index < -0.39 is 5.60 Å². The van der Waals surface area contributed by atoms with E-state index in [9.17, 15) is 9.90 Å². The van der Waals surface area contributed by atoms with Crippen molar-refractivity contribution in [2.24, 2.45) is 0 Å². The minimum absolute atomic E-state index is 0.0617. The first-order valence-corrected chi connectivity index (χ1v) is 7.80. The lowest BCUT2D eigenvalue weighted by atomic mass is 10.1. The highest BCUT2D eigenvalue weighted by atomic mass is 16.3. The first-order chi connectivity index (χ1) is 11.3. The molecule has 4 heteroatoms. The first-order valence-electron chi connectivity index (χ1n) is 7.80. The fourth-order valence-corrected chi connectivity index (χ4v) is 2.15. The maximum atomic E-state index is 12.6. The van der Waals surface area contributed by atoms with Gasteiger partial charge in [-0.05, 0) is 56.7 Å². The number of aromatic nitrogens is 1. The van der Waals surface area contributed by atoms with Gasteiger partial charge in [-0.2, -0.15) is 0 Å². The number of carbonyl (C=O) groups is 1. The van der Waals surface area contributed by atoms with Crippen molar-refractivity contribution < 1.29 is 9.90 Å². The van der Waals surface area contributed by atoms with Crippen LogP contribution in [0.5, 0.6) is 0 Å². The molecular weight excluding hydrogens is 300 g/mol. The van der Waals surface area contributed by atoms with E-state index in [2.05, 4.69) is 16.8 Å². The maximum absolute atomic E-state index is 12.6. The van der Waals surface area contributed by atoms with Gasteiger partial charge in [-0.25, -0.2) is 0 Å². The van der Waals surface area contributed by atoms with Gasteiger partial charge < -0.3 is 10.0 Å². The number of nitrogens with zero attached hydrogens (tertiary/aromatic N) is 2. The number of hydrogen-bond acceptors (Lipinski definition) is 3. The highest BCUT2D eigenvalue weighted by molar-refractivity contribution is 5.94. The molecule has 1 aromatic heterocycles. The van der Waals surface area contributed by atoms with Crippen molar-refractivity contribution >= 4 is 5.91 Å². The summed E-state index contributed by atoms with van der Waals surface area (Å²) in [6, 6.07) is 10.8. The van der Waals surface area contributed by atoms with Crippen molar-refractivity contribution in [2.45, 2.75) is 32.4 Å². The summed E-state index contributed by atoms with van der Waals surface area (Å²) in [7, 11) is 1.78. The molecule has 0 bridgehead atoms. The Hall–Kier alpha value is -2.64. The van der Waals surface area contributed by atoms with Gasteiger partial charge in [0.1, 0.15) is 5.60 Å². The van der Waals surface area contributed by atoms with Gasteiger partial charge in [0.25, 0.3) is 5.91 Å². The lowest BCUT2D eigenvalue weighted by Crippen LogP contribution is -2.29. The zero-order valence-electron chi connectivity index (χ0n) is 14.4. The normalized spacial score (nSPS) is 12.0. The third-order valence-corrected chi connectivity index (χ3v) is 3.71. The van der Waals surface area contributed by atoms with E-state index in [1.54, 1.807) is 62.5 Å². The molecule has 24 heavy (non-hydrogen) atoms. The summed E-state index contributed by atoms with van der Waals surface area (Å²) in [5, 5.41) is 9.62. The first kappa shape index (κ1) is 17.7. The van der Waals surface area contributed by atoms with Gasteiger partial charge in [-0.3, -0.25) is 9.78 Å². The molecule has 1 amide bonds. The lowest BCUT2D eigenvalue weighted by Gasteiger charge is -2.25. The Morgan fingerprint density at radius 3 is 2.46 bits per heavy atom. The van der Waals surface area contributed by atoms with Crippen LogP contribution in [0, 0.1) is 11.8 Å². The van der Waals surface area contributed by atoms with Gasteiger partial charge in [-0.1, -0.05) is 17.9 Å². The SMILES string of the molecule is C[C@H](c1cccnc1)N(C)C(=O)c1ccc(C#CC(C)(C)O)cc1. The molecule has 1 atom stereocenters. The van der Waals surface area contributed by atoms with Gasteiger partial charge >= 0.3 is 0 Å². The number of carbonyl (C=O) groups excluding carboxylic acids is 1. The van der Waals surface area contributed by atoms with E-state index in [1.165, 1.54) is 0 Å². The number of rotatable bonds is 3. The van der Waals surface area contributed by atoms with Gasteiger partial charge in [0.15, 0.2) is 0 Å². The molecule has 0 radical (unpaired) electrons. The molecule has 1 aromatic carbocycles. The second-order valence-electron chi connectivity index (χ2n) is 6.26. The van der Waals surface area contributed by atoms with Crippen molar-refractivity contribution in [3.8, 4) is 11.8 Å². The van der Waals surface area contributed by atoms with Crippen LogP contribution >= 0.6 is 0 Å². The summed E-state index contributed by atoms with van der Waals surface area (Å²) >= 11 is 0. The van der Waals surface area contributed by atoms with E-state index in [0.29, 0.717) is 5.56 Å². The molecule has 0 aliphatic rings. The highest BCUT2D eigenvalue weighted by Gasteiger charge is 2.18. The monoisotopic (exact) mass is 322 g/mol. The highest BCUT2D eigenvalue weighted by Crippen LogP contribution is 2.19. The Labute approximate surface area is 143 Å². The summed E-state index contributed by atoms with van der Waals surface area (Å²) in [5.74, 6) is 5.59. The van der Waals surface area contributed by atoms with Crippen LogP contribution in [0.1, 0.15) is 48.3 Å². The molecule has 0 aliphatic heterocycles. The van der Waals surface area contributed by atoms with Gasteiger partial charge in [0, 0.05) is 30.6 Å². The predicted octanol–water partition coefficient (Wildman–Crippen LogP) is 3.04. The van der Waals surface area contributed by atoms with E-state index in [1.807, 2.05) is 19.1 Å². The Morgan fingerprint density at radius 1 is 1.25 bits per heavy atom.